The van der Waals surface area contributed by atoms with Gasteiger partial charge < -0.3 is 24.3 Å². The van der Waals surface area contributed by atoms with Crippen molar-refractivity contribution < 1.29 is 9.47 Å². The Morgan fingerprint density at radius 3 is 2.41 bits per heavy atom. The zero-order valence-electron chi connectivity index (χ0n) is 22.1. The monoisotopic (exact) mass is 512 g/mol. The summed E-state index contributed by atoms with van der Waals surface area (Å²) in [5, 5.41) is 4.19. The Morgan fingerprint density at radius 2 is 1.70 bits per heavy atom. The van der Waals surface area contributed by atoms with Crippen LogP contribution in [0, 0.1) is 27.7 Å². The molecule has 0 bridgehead atoms. The predicted molar refractivity (Wildman–Crippen MR) is 152 cm³/mol. The molecule has 0 amide bonds. The van der Waals surface area contributed by atoms with Crippen LogP contribution in [0.25, 0.3) is 5.69 Å². The smallest absolute Gasteiger partial charge is 0.174 e. The lowest BCUT2D eigenvalue weighted by atomic mass is 9.96. The Kier molecular flexibility index (Phi) is 6.65. The molecule has 0 unspecified atom stereocenters. The topological polar surface area (TPSA) is 51.5 Å². The summed E-state index contributed by atoms with van der Waals surface area (Å²) in [7, 11) is 3.32. The molecule has 2 aromatic carbocycles. The number of hydrogen-bond donors (Lipinski definition) is 1. The Morgan fingerprint density at radius 1 is 0.892 bits per heavy atom. The van der Waals surface area contributed by atoms with Gasteiger partial charge in [0.2, 0.25) is 0 Å². The van der Waals surface area contributed by atoms with E-state index in [9.17, 15) is 0 Å². The van der Waals surface area contributed by atoms with Crippen LogP contribution in [0.1, 0.15) is 45.9 Å². The first kappa shape index (κ1) is 24.8. The van der Waals surface area contributed by atoms with E-state index in [0.717, 1.165) is 17.1 Å². The van der Waals surface area contributed by atoms with E-state index in [0.29, 0.717) is 10.9 Å². The first-order valence-electron chi connectivity index (χ1n) is 12.3. The van der Waals surface area contributed by atoms with Crippen LogP contribution in [0.5, 0.6) is 11.5 Å². The average Bonchev–Trinajstić information content (AvgIpc) is 3.40. The van der Waals surface area contributed by atoms with Crippen molar-refractivity contribution in [3.05, 3.63) is 101 Å². The van der Waals surface area contributed by atoms with Gasteiger partial charge in [-0.05, 0) is 93.0 Å². The summed E-state index contributed by atoms with van der Waals surface area (Å²) in [6.45, 7) is 8.63. The summed E-state index contributed by atoms with van der Waals surface area (Å²) in [4.78, 5) is 6.86. The number of thiocarbonyl (C=S) groups is 1. The van der Waals surface area contributed by atoms with Crippen molar-refractivity contribution in [3.63, 3.8) is 0 Å². The fraction of sp³-hybridized carbons (Fsp3) is 0.267. The normalized spacial score (nSPS) is 17.1. The maximum atomic E-state index is 5.95. The number of aromatic nitrogens is 2. The van der Waals surface area contributed by atoms with Crippen molar-refractivity contribution >= 4 is 23.0 Å². The van der Waals surface area contributed by atoms with E-state index in [1.54, 1.807) is 14.2 Å². The number of nitrogens with zero attached hydrogens (tertiary/aromatic N) is 3. The number of methoxy groups -OCH3 is 2. The molecule has 1 fully saturated rings. The maximum absolute atomic E-state index is 5.95. The number of rotatable bonds is 6. The average molecular weight is 513 g/mol. The van der Waals surface area contributed by atoms with Gasteiger partial charge in [-0.3, -0.25) is 4.98 Å². The van der Waals surface area contributed by atoms with Gasteiger partial charge in [-0.1, -0.05) is 18.2 Å². The highest BCUT2D eigenvalue weighted by Gasteiger charge is 2.43. The fourth-order valence-corrected chi connectivity index (χ4v) is 5.67. The Hall–Kier alpha value is -3.84. The Bertz CT molecular complexity index is 1460. The van der Waals surface area contributed by atoms with Crippen LogP contribution < -0.4 is 19.7 Å². The fourth-order valence-electron chi connectivity index (χ4n) is 5.33. The van der Waals surface area contributed by atoms with Crippen LogP contribution in [0.15, 0.2) is 66.9 Å². The number of pyridine rings is 1. The third-order valence-corrected chi connectivity index (χ3v) is 7.45. The third kappa shape index (κ3) is 4.33. The SMILES string of the molecule is COc1ccc(N2C(=S)N[C@H](c3ccccn3)[C@@H]2c2cc(C)n(-c3cc(C)ccc3C)c2C)c(OC)c1. The molecule has 5 rings (SSSR count). The second-order valence-corrected chi connectivity index (χ2v) is 9.87. The molecule has 1 aliphatic heterocycles. The number of anilines is 1. The molecule has 2 atom stereocenters. The largest absolute Gasteiger partial charge is 0.497 e. The molecule has 1 saturated heterocycles. The van der Waals surface area contributed by atoms with Gasteiger partial charge in [0.05, 0.1) is 37.7 Å². The minimum absolute atomic E-state index is 0.144. The predicted octanol–water partition coefficient (Wildman–Crippen LogP) is 6.30. The first-order valence-corrected chi connectivity index (χ1v) is 12.7. The molecular weight excluding hydrogens is 480 g/mol. The number of benzene rings is 2. The molecule has 6 nitrogen and oxygen atoms in total. The van der Waals surface area contributed by atoms with E-state index >= 15 is 0 Å². The van der Waals surface area contributed by atoms with Crippen molar-refractivity contribution in [3.8, 4) is 17.2 Å². The van der Waals surface area contributed by atoms with E-state index in [2.05, 4.69) is 66.7 Å². The summed E-state index contributed by atoms with van der Waals surface area (Å²) in [5.74, 6) is 1.42. The van der Waals surface area contributed by atoms with Gasteiger partial charge in [0, 0.05) is 29.3 Å². The molecule has 0 aliphatic carbocycles. The summed E-state index contributed by atoms with van der Waals surface area (Å²) >= 11 is 5.95. The van der Waals surface area contributed by atoms with Gasteiger partial charge >= 0.3 is 0 Å². The minimum Gasteiger partial charge on any atom is -0.497 e. The van der Waals surface area contributed by atoms with E-state index < -0.39 is 0 Å². The molecule has 190 valence electrons. The molecular formula is C30H32N4O2S. The van der Waals surface area contributed by atoms with Crippen molar-refractivity contribution in [1.29, 1.82) is 0 Å². The third-order valence-electron chi connectivity index (χ3n) is 7.14. The highest BCUT2D eigenvalue weighted by molar-refractivity contribution is 7.80. The number of aryl methyl sites for hydroxylation is 3. The van der Waals surface area contributed by atoms with Crippen molar-refractivity contribution in [1.82, 2.24) is 14.9 Å². The first-order chi connectivity index (χ1) is 17.8. The molecule has 1 aliphatic rings. The standard InChI is InChI=1S/C30H32N4O2S/c1-18-10-11-19(2)26(15-18)33-20(3)16-23(21(33)4)29-28(24-9-7-8-14-31-24)32-30(37)34(29)25-13-12-22(35-5)17-27(25)36-6/h7-17,28-29H,1-6H3,(H,32,37)/t28-,29+/m1/s1. The van der Waals surface area contributed by atoms with Gasteiger partial charge in [-0.2, -0.15) is 0 Å². The van der Waals surface area contributed by atoms with E-state index in [1.807, 2.05) is 42.6 Å². The molecule has 3 heterocycles. The lowest BCUT2D eigenvalue weighted by Crippen LogP contribution is -2.30. The van der Waals surface area contributed by atoms with Gasteiger partial charge in [0.15, 0.2) is 5.11 Å². The van der Waals surface area contributed by atoms with Crippen LogP contribution in [-0.4, -0.2) is 28.9 Å². The Labute approximate surface area is 223 Å². The molecule has 7 heteroatoms. The molecule has 4 aromatic rings. The molecule has 2 aromatic heterocycles. The number of ether oxygens (including phenoxy) is 2. The van der Waals surface area contributed by atoms with E-state index in [-0.39, 0.29) is 12.1 Å². The molecule has 1 N–H and O–H groups in total. The van der Waals surface area contributed by atoms with Crippen LogP contribution in [-0.2, 0) is 0 Å². The van der Waals surface area contributed by atoms with Crippen molar-refractivity contribution in [2.24, 2.45) is 0 Å². The second kappa shape index (κ2) is 9.90. The summed E-state index contributed by atoms with van der Waals surface area (Å²) in [6, 6.07) is 20.4. The summed E-state index contributed by atoms with van der Waals surface area (Å²) in [5.41, 5.74) is 8.98. The molecule has 0 radical (unpaired) electrons. The maximum Gasteiger partial charge on any atom is 0.174 e. The quantitative estimate of drug-likeness (QED) is 0.306. The van der Waals surface area contributed by atoms with Crippen molar-refractivity contribution in [2.45, 2.75) is 39.8 Å². The lowest BCUT2D eigenvalue weighted by molar-refractivity contribution is 0.394. The van der Waals surface area contributed by atoms with Crippen LogP contribution >= 0.6 is 12.2 Å². The summed E-state index contributed by atoms with van der Waals surface area (Å²) < 4.78 is 13.6. The summed E-state index contributed by atoms with van der Waals surface area (Å²) in [6.07, 6.45) is 1.83. The van der Waals surface area contributed by atoms with Gasteiger partial charge in [0.1, 0.15) is 11.5 Å². The van der Waals surface area contributed by atoms with Crippen LogP contribution in [0.3, 0.4) is 0 Å². The molecule has 0 saturated carbocycles. The van der Waals surface area contributed by atoms with Gasteiger partial charge in [-0.15, -0.1) is 0 Å². The van der Waals surface area contributed by atoms with Crippen molar-refractivity contribution in [2.75, 3.05) is 19.1 Å². The minimum atomic E-state index is -0.145. The van der Waals surface area contributed by atoms with Gasteiger partial charge in [0.25, 0.3) is 0 Å². The zero-order valence-corrected chi connectivity index (χ0v) is 22.9. The number of nitrogens with one attached hydrogen (secondary N) is 1. The van der Waals surface area contributed by atoms with Gasteiger partial charge in [-0.25, -0.2) is 0 Å². The highest BCUT2D eigenvalue weighted by Crippen LogP contribution is 2.47. The Balaban J connectivity index is 1.72. The lowest BCUT2D eigenvalue weighted by Gasteiger charge is -2.29. The highest BCUT2D eigenvalue weighted by atomic mass is 32.1. The van der Waals surface area contributed by atoms with E-state index in [4.69, 9.17) is 26.7 Å². The second-order valence-electron chi connectivity index (χ2n) is 9.49. The van der Waals surface area contributed by atoms with Crippen LogP contribution in [0.2, 0.25) is 0 Å². The van der Waals surface area contributed by atoms with Crippen LogP contribution in [0.4, 0.5) is 5.69 Å². The zero-order chi connectivity index (χ0) is 26.3. The van der Waals surface area contributed by atoms with E-state index in [1.165, 1.54) is 33.8 Å². The molecule has 37 heavy (non-hydrogen) atoms. The number of hydrogen-bond acceptors (Lipinski definition) is 4. The molecule has 0 spiro atoms.